The molecule has 23 heavy (non-hydrogen) atoms. The SMILES string of the molecule is CCc1occc1C(=O)N1CCC([C@@H]2OCCC2C(=O)O)CC1. The van der Waals surface area contributed by atoms with Gasteiger partial charge in [0.25, 0.3) is 5.91 Å². The second kappa shape index (κ2) is 6.74. The number of ether oxygens (including phenoxy) is 1. The van der Waals surface area contributed by atoms with Crippen LogP contribution in [0.3, 0.4) is 0 Å². The lowest BCUT2D eigenvalue weighted by molar-refractivity contribution is -0.145. The number of carboxylic acids is 1. The molecule has 0 spiro atoms. The first-order valence-corrected chi connectivity index (χ1v) is 8.31. The molecule has 2 aliphatic rings. The van der Waals surface area contributed by atoms with Gasteiger partial charge in [-0.1, -0.05) is 6.92 Å². The average Bonchev–Trinajstić information content (AvgIpc) is 3.23. The number of carbonyl (C=O) groups excluding carboxylic acids is 1. The van der Waals surface area contributed by atoms with Crippen molar-refractivity contribution in [1.82, 2.24) is 4.90 Å². The van der Waals surface area contributed by atoms with Gasteiger partial charge in [-0.3, -0.25) is 9.59 Å². The van der Waals surface area contributed by atoms with Crippen molar-refractivity contribution in [2.24, 2.45) is 11.8 Å². The van der Waals surface area contributed by atoms with Crippen molar-refractivity contribution in [3.8, 4) is 0 Å². The molecule has 3 heterocycles. The van der Waals surface area contributed by atoms with E-state index in [4.69, 9.17) is 9.15 Å². The maximum atomic E-state index is 12.6. The lowest BCUT2D eigenvalue weighted by Gasteiger charge is -2.35. The highest BCUT2D eigenvalue weighted by atomic mass is 16.5. The number of hydrogen-bond donors (Lipinski definition) is 1. The van der Waals surface area contributed by atoms with Crippen LogP contribution < -0.4 is 0 Å². The van der Waals surface area contributed by atoms with Crippen molar-refractivity contribution in [2.45, 2.75) is 38.7 Å². The third kappa shape index (κ3) is 3.13. The first kappa shape index (κ1) is 16.1. The van der Waals surface area contributed by atoms with Crippen LogP contribution in [-0.2, 0) is 16.0 Å². The van der Waals surface area contributed by atoms with Crippen LogP contribution >= 0.6 is 0 Å². The normalized spacial score (nSPS) is 25.7. The van der Waals surface area contributed by atoms with Crippen LogP contribution in [0.4, 0.5) is 0 Å². The summed E-state index contributed by atoms with van der Waals surface area (Å²) < 4.78 is 11.0. The van der Waals surface area contributed by atoms with Crippen LogP contribution in [0.25, 0.3) is 0 Å². The van der Waals surface area contributed by atoms with E-state index in [0.29, 0.717) is 38.1 Å². The van der Waals surface area contributed by atoms with E-state index in [0.717, 1.165) is 18.6 Å². The van der Waals surface area contributed by atoms with Crippen LogP contribution in [0.15, 0.2) is 16.7 Å². The summed E-state index contributed by atoms with van der Waals surface area (Å²) in [5, 5.41) is 9.28. The van der Waals surface area contributed by atoms with Gasteiger partial charge in [-0.15, -0.1) is 0 Å². The molecule has 0 saturated carbocycles. The molecule has 0 aromatic carbocycles. The molecule has 2 aliphatic heterocycles. The van der Waals surface area contributed by atoms with Crippen molar-refractivity contribution in [3.05, 3.63) is 23.7 Å². The Morgan fingerprint density at radius 3 is 2.70 bits per heavy atom. The minimum atomic E-state index is -0.767. The lowest BCUT2D eigenvalue weighted by atomic mass is 9.84. The molecule has 6 heteroatoms. The minimum absolute atomic E-state index is 0.0103. The standard InChI is InChI=1S/C17H23NO5/c1-2-14-12(5-9-22-14)16(19)18-7-3-11(4-8-18)15-13(17(20)21)6-10-23-15/h5,9,11,13,15H,2-4,6-8,10H2,1H3,(H,20,21)/t13?,15-/m0/s1. The number of furan rings is 1. The fraction of sp³-hybridized carbons (Fsp3) is 0.647. The maximum Gasteiger partial charge on any atom is 0.309 e. The number of aliphatic carboxylic acids is 1. The summed E-state index contributed by atoms with van der Waals surface area (Å²) in [7, 11) is 0. The highest BCUT2D eigenvalue weighted by Gasteiger charge is 2.41. The summed E-state index contributed by atoms with van der Waals surface area (Å²) >= 11 is 0. The Morgan fingerprint density at radius 2 is 2.04 bits per heavy atom. The summed E-state index contributed by atoms with van der Waals surface area (Å²) in [6.07, 6.45) is 4.22. The van der Waals surface area contributed by atoms with Crippen molar-refractivity contribution < 1.29 is 23.8 Å². The first-order chi connectivity index (χ1) is 11.1. The molecule has 1 unspecified atom stereocenters. The third-order valence-corrected chi connectivity index (χ3v) is 5.04. The van der Waals surface area contributed by atoms with Crippen molar-refractivity contribution in [3.63, 3.8) is 0 Å². The summed E-state index contributed by atoms with van der Waals surface area (Å²) in [5.74, 6) is -0.212. The van der Waals surface area contributed by atoms with Crippen LogP contribution in [0.2, 0.25) is 0 Å². The van der Waals surface area contributed by atoms with Gasteiger partial charge in [0, 0.05) is 26.1 Å². The van der Waals surface area contributed by atoms with E-state index in [2.05, 4.69) is 0 Å². The number of carboxylic acid groups (broad SMARTS) is 1. The van der Waals surface area contributed by atoms with Gasteiger partial charge < -0.3 is 19.2 Å². The van der Waals surface area contributed by atoms with E-state index in [-0.39, 0.29) is 17.9 Å². The Morgan fingerprint density at radius 1 is 1.30 bits per heavy atom. The van der Waals surface area contributed by atoms with E-state index in [1.807, 2.05) is 11.8 Å². The molecule has 1 amide bonds. The molecule has 126 valence electrons. The molecule has 1 aromatic heterocycles. The number of piperidine rings is 1. The number of nitrogens with zero attached hydrogens (tertiary/aromatic N) is 1. The Hall–Kier alpha value is -1.82. The summed E-state index contributed by atoms with van der Waals surface area (Å²) in [6.45, 7) is 3.77. The topological polar surface area (TPSA) is 80.0 Å². The minimum Gasteiger partial charge on any atom is -0.481 e. The average molecular weight is 321 g/mol. The number of likely N-dealkylation sites (tertiary alicyclic amines) is 1. The van der Waals surface area contributed by atoms with Gasteiger partial charge in [0.1, 0.15) is 5.76 Å². The van der Waals surface area contributed by atoms with E-state index < -0.39 is 11.9 Å². The predicted molar refractivity (Wildman–Crippen MR) is 82.2 cm³/mol. The zero-order valence-electron chi connectivity index (χ0n) is 13.4. The number of rotatable bonds is 4. The molecule has 2 saturated heterocycles. The molecule has 1 N–H and O–H groups in total. The fourth-order valence-corrected chi connectivity index (χ4v) is 3.75. The third-order valence-electron chi connectivity index (χ3n) is 5.04. The fourth-order valence-electron chi connectivity index (χ4n) is 3.75. The predicted octanol–water partition coefficient (Wildman–Crippen LogP) is 2.18. The highest BCUT2D eigenvalue weighted by molar-refractivity contribution is 5.95. The zero-order valence-corrected chi connectivity index (χ0v) is 13.4. The van der Waals surface area contributed by atoms with Crippen molar-refractivity contribution in [2.75, 3.05) is 19.7 Å². The molecule has 3 rings (SSSR count). The second-order valence-corrected chi connectivity index (χ2v) is 6.31. The van der Waals surface area contributed by atoms with Gasteiger partial charge in [-0.2, -0.15) is 0 Å². The quantitative estimate of drug-likeness (QED) is 0.919. The number of hydrogen-bond acceptors (Lipinski definition) is 4. The molecular formula is C17H23NO5. The monoisotopic (exact) mass is 321 g/mol. The first-order valence-electron chi connectivity index (χ1n) is 8.31. The largest absolute Gasteiger partial charge is 0.481 e. The zero-order chi connectivity index (χ0) is 16.4. The molecule has 2 atom stereocenters. The Labute approximate surface area is 135 Å². The van der Waals surface area contributed by atoms with E-state index in [9.17, 15) is 14.7 Å². The number of amides is 1. The van der Waals surface area contributed by atoms with E-state index >= 15 is 0 Å². The van der Waals surface area contributed by atoms with Crippen molar-refractivity contribution in [1.29, 1.82) is 0 Å². The molecule has 0 bridgehead atoms. The van der Waals surface area contributed by atoms with Crippen LogP contribution in [0.5, 0.6) is 0 Å². The van der Waals surface area contributed by atoms with Gasteiger partial charge in [0.2, 0.25) is 0 Å². The van der Waals surface area contributed by atoms with Gasteiger partial charge in [-0.05, 0) is 31.2 Å². The second-order valence-electron chi connectivity index (χ2n) is 6.31. The number of aryl methyl sites for hydroxylation is 1. The number of carbonyl (C=O) groups is 2. The lowest BCUT2D eigenvalue weighted by Crippen LogP contribution is -2.43. The van der Waals surface area contributed by atoms with Crippen LogP contribution in [-0.4, -0.2) is 47.7 Å². The summed E-state index contributed by atoms with van der Waals surface area (Å²) in [4.78, 5) is 25.7. The molecular weight excluding hydrogens is 298 g/mol. The van der Waals surface area contributed by atoms with Crippen molar-refractivity contribution >= 4 is 11.9 Å². The smallest absolute Gasteiger partial charge is 0.309 e. The highest BCUT2D eigenvalue weighted by Crippen LogP contribution is 2.33. The van der Waals surface area contributed by atoms with Gasteiger partial charge in [-0.25, -0.2) is 0 Å². The molecule has 6 nitrogen and oxygen atoms in total. The Bertz CT molecular complexity index is 573. The summed E-state index contributed by atoms with van der Waals surface area (Å²) in [5.41, 5.74) is 0.645. The molecule has 2 fully saturated rings. The molecule has 0 aliphatic carbocycles. The van der Waals surface area contributed by atoms with Gasteiger partial charge in [0.15, 0.2) is 0 Å². The Kier molecular flexibility index (Phi) is 4.71. The van der Waals surface area contributed by atoms with Crippen LogP contribution in [0, 0.1) is 11.8 Å². The molecule has 0 radical (unpaired) electrons. The van der Waals surface area contributed by atoms with Gasteiger partial charge >= 0.3 is 5.97 Å². The summed E-state index contributed by atoms with van der Waals surface area (Å²) in [6, 6.07) is 1.73. The van der Waals surface area contributed by atoms with Gasteiger partial charge in [0.05, 0.1) is 23.8 Å². The molecule has 1 aromatic rings. The van der Waals surface area contributed by atoms with E-state index in [1.54, 1.807) is 12.3 Å². The van der Waals surface area contributed by atoms with E-state index in [1.165, 1.54) is 0 Å². The Balaban J connectivity index is 1.60. The maximum absolute atomic E-state index is 12.6. The van der Waals surface area contributed by atoms with Crippen LogP contribution in [0.1, 0.15) is 42.3 Å².